The standard InChI is InChI=1S/C9H8ClF3O3S/c1-16-8(9(11,12)13)6-3-2-4-7(5-6)17(10,14)15/h2-5,8H,1H3. The van der Waals surface area contributed by atoms with Crippen LogP contribution in [-0.2, 0) is 13.8 Å². The van der Waals surface area contributed by atoms with Crippen molar-refractivity contribution in [3.8, 4) is 0 Å². The van der Waals surface area contributed by atoms with Gasteiger partial charge in [0.05, 0.1) is 4.90 Å². The van der Waals surface area contributed by atoms with Crippen LogP contribution in [0.4, 0.5) is 13.2 Å². The van der Waals surface area contributed by atoms with Crippen LogP contribution >= 0.6 is 10.7 Å². The van der Waals surface area contributed by atoms with E-state index >= 15 is 0 Å². The van der Waals surface area contributed by atoms with Crippen molar-refractivity contribution in [1.82, 2.24) is 0 Å². The van der Waals surface area contributed by atoms with Crippen LogP contribution in [0.5, 0.6) is 0 Å². The molecule has 0 aromatic heterocycles. The van der Waals surface area contributed by atoms with Crippen LogP contribution in [-0.4, -0.2) is 21.7 Å². The lowest BCUT2D eigenvalue weighted by molar-refractivity contribution is -0.216. The molecular formula is C9H8ClF3O3S. The van der Waals surface area contributed by atoms with E-state index in [9.17, 15) is 21.6 Å². The van der Waals surface area contributed by atoms with Crippen molar-refractivity contribution in [3.05, 3.63) is 29.8 Å². The van der Waals surface area contributed by atoms with Gasteiger partial charge in [0, 0.05) is 17.8 Å². The summed E-state index contributed by atoms with van der Waals surface area (Å²) >= 11 is 0. The smallest absolute Gasteiger partial charge is 0.367 e. The van der Waals surface area contributed by atoms with E-state index in [1.165, 1.54) is 6.07 Å². The lowest BCUT2D eigenvalue weighted by Gasteiger charge is -2.19. The van der Waals surface area contributed by atoms with Gasteiger partial charge in [0.2, 0.25) is 0 Å². The van der Waals surface area contributed by atoms with E-state index in [1.54, 1.807) is 0 Å². The highest BCUT2D eigenvalue weighted by molar-refractivity contribution is 8.13. The molecule has 1 aromatic rings. The van der Waals surface area contributed by atoms with Gasteiger partial charge in [0.1, 0.15) is 0 Å². The summed E-state index contributed by atoms with van der Waals surface area (Å²) in [6, 6.07) is 4.23. The van der Waals surface area contributed by atoms with E-state index < -0.39 is 26.2 Å². The predicted molar refractivity (Wildman–Crippen MR) is 55.3 cm³/mol. The van der Waals surface area contributed by atoms with E-state index in [-0.39, 0.29) is 5.56 Å². The first kappa shape index (κ1) is 14.3. The van der Waals surface area contributed by atoms with Crippen LogP contribution < -0.4 is 0 Å². The molecule has 96 valence electrons. The molecule has 0 radical (unpaired) electrons. The summed E-state index contributed by atoms with van der Waals surface area (Å²) in [5.74, 6) is 0. The number of ether oxygens (including phenoxy) is 1. The Kier molecular flexibility index (Phi) is 4.06. The summed E-state index contributed by atoms with van der Waals surface area (Å²) < 4.78 is 63.9. The Morgan fingerprint density at radius 3 is 2.35 bits per heavy atom. The fourth-order valence-corrected chi connectivity index (χ4v) is 2.09. The molecule has 0 N–H and O–H groups in total. The van der Waals surface area contributed by atoms with Crippen LogP contribution in [0.2, 0.25) is 0 Å². The molecular weight excluding hydrogens is 281 g/mol. The minimum Gasteiger partial charge on any atom is -0.367 e. The summed E-state index contributed by atoms with van der Waals surface area (Å²) in [5.41, 5.74) is -0.318. The summed E-state index contributed by atoms with van der Waals surface area (Å²) in [6.45, 7) is 0. The van der Waals surface area contributed by atoms with Crippen molar-refractivity contribution >= 4 is 19.7 Å². The number of rotatable bonds is 3. The lowest BCUT2D eigenvalue weighted by Crippen LogP contribution is -2.22. The molecule has 8 heteroatoms. The van der Waals surface area contributed by atoms with Crippen molar-refractivity contribution in [2.75, 3.05) is 7.11 Å². The maximum absolute atomic E-state index is 12.5. The van der Waals surface area contributed by atoms with Gasteiger partial charge in [-0.2, -0.15) is 13.2 Å². The number of hydrogen-bond donors (Lipinski definition) is 0. The van der Waals surface area contributed by atoms with Gasteiger partial charge in [-0.05, 0) is 17.7 Å². The average Bonchev–Trinajstić information content (AvgIpc) is 2.15. The first-order valence-corrected chi connectivity index (χ1v) is 6.61. The Bertz CT molecular complexity index is 498. The lowest BCUT2D eigenvalue weighted by atomic mass is 10.1. The molecule has 1 rings (SSSR count). The molecule has 0 fully saturated rings. The van der Waals surface area contributed by atoms with Gasteiger partial charge in [-0.1, -0.05) is 12.1 Å². The first-order chi connectivity index (χ1) is 7.66. The van der Waals surface area contributed by atoms with Gasteiger partial charge < -0.3 is 4.74 Å². The van der Waals surface area contributed by atoms with Crippen molar-refractivity contribution in [2.45, 2.75) is 17.2 Å². The minimum atomic E-state index is -4.62. The highest BCUT2D eigenvalue weighted by Crippen LogP contribution is 2.36. The summed E-state index contributed by atoms with van der Waals surface area (Å²) in [6.07, 6.45) is -6.80. The quantitative estimate of drug-likeness (QED) is 0.803. The molecule has 17 heavy (non-hydrogen) atoms. The van der Waals surface area contributed by atoms with Gasteiger partial charge in [0.25, 0.3) is 9.05 Å². The van der Waals surface area contributed by atoms with E-state index in [0.717, 1.165) is 25.3 Å². The second-order valence-electron chi connectivity index (χ2n) is 3.17. The molecule has 0 saturated heterocycles. The van der Waals surface area contributed by atoms with Crippen LogP contribution in [0, 0.1) is 0 Å². The second kappa shape index (κ2) is 4.83. The molecule has 1 aromatic carbocycles. The van der Waals surface area contributed by atoms with Crippen molar-refractivity contribution in [1.29, 1.82) is 0 Å². The predicted octanol–water partition coefficient (Wildman–Crippen LogP) is 2.86. The Morgan fingerprint density at radius 2 is 1.94 bits per heavy atom. The fraction of sp³-hybridized carbons (Fsp3) is 0.333. The summed E-state index contributed by atoms with van der Waals surface area (Å²) in [5, 5.41) is 0. The zero-order valence-electron chi connectivity index (χ0n) is 8.53. The summed E-state index contributed by atoms with van der Waals surface area (Å²) in [7, 11) is 1.87. The molecule has 0 aliphatic carbocycles. The number of benzene rings is 1. The molecule has 1 atom stereocenters. The molecule has 0 heterocycles. The molecule has 0 aliphatic heterocycles. The Labute approximate surface area is 101 Å². The largest absolute Gasteiger partial charge is 0.418 e. The SMILES string of the molecule is COC(c1cccc(S(=O)(=O)Cl)c1)C(F)(F)F. The number of alkyl halides is 3. The molecule has 0 bridgehead atoms. The van der Waals surface area contributed by atoms with Crippen molar-refractivity contribution in [3.63, 3.8) is 0 Å². The first-order valence-electron chi connectivity index (χ1n) is 4.30. The number of hydrogen-bond acceptors (Lipinski definition) is 3. The van der Waals surface area contributed by atoms with Gasteiger partial charge in [0.15, 0.2) is 6.10 Å². The average molecular weight is 289 g/mol. The van der Waals surface area contributed by atoms with Gasteiger partial charge in [-0.3, -0.25) is 0 Å². The second-order valence-corrected chi connectivity index (χ2v) is 5.73. The van der Waals surface area contributed by atoms with Crippen LogP contribution in [0.25, 0.3) is 0 Å². The molecule has 0 amide bonds. The topological polar surface area (TPSA) is 43.4 Å². The van der Waals surface area contributed by atoms with Crippen LogP contribution in [0.1, 0.15) is 11.7 Å². The highest BCUT2D eigenvalue weighted by Gasteiger charge is 2.41. The molecule has 0 aliphatic rings. The summed E-state index contributed by atoms with van der Waals surface area (Å²) in [4.78, 5) is -0.400. The fourth-order valence-electron chi connectivity index (χ4n) is 1.29. The minimum absolute atomic E-state index is 0.318. The molecule has 1 unspecified atom stereocenters. The third-order valence-corrected chi connectivity index (χ3v) is 3.33. The maximum atomic E-state index is 12.5. The zero-order valence-corrected chi connectivity index (χ0v) is 10.1. The number of halogens is 4. The van der Waals surface area contributed by atoms with Crippen LogP contribution in [0.15, 0.2) is 29.2 Å². The van der Waals surface area contributed by atoms with Crippen LogP contribution in [0.3, 0.4) is 0 Å². The van der Waals surface area contributed by atoms with Crippen molar-refractivity contribution in [2.24, 2.45) is 0 Å². The third-order valence-electron chi connectivity index (χ3n) is 1.98. The Morgan fingerprint density at radius 1 is 1.35 bits per heavy atom. The monoisotopic (exact) mass is 288 g/mol. The third kappa shape index (κ3) is 3.58. The molecule has 0 saturated carbocycles. The van der Waals surface area contributed by atoms with E-state index in [4.69, 9.17) is 10.7 Å². The molecule has 0 spiro atoms. The molecule has 3 nitrogen and oxygen atoms in total. The van der Waals surface area contributed by atoms with E-state index in [1.807, 2.05) is 0 Å². The van der Waals surface area contributed by atoms with E-state index in [0.29, 0.717) is 0 Å². The van der Waals surface area contributed by atoms with Crippen molar-refractivity contribution < 1.29 is 26.3 Å². The van der Waals surface area contributed by atoms with E-state index in [2.05, 4.69) is 4.74 Å². The Balaban J connectivity index is 3.24. The normalized spacial score (nSPS) is 14.6. The zero-order chi connectivity index (χ0) is 13.3. The maximum Gasteiger partial charge on any atom is 0.418 e. The highest BCUT2D eigenvalue weighted by atomic mass is 35.7. The van der Waals surface area contributed by atoms with Gasteiger partial charge >= 0.3 is 6.18 Å². The number of methoxy groups -OCH3 is 1. The van der Waals surface area contributed by atoms with Gasteiger partial charge in [-0.25, -0.2) is 8.42 Å². The van der Waals surface area contributed by atoms with Gasteiger partial charge in [-0.15, -0.1) is 0 Å². The Hall–Kier alpha value is -0.790.